The summed E-state index contributed by atoms with van der Waals surface area (Å²) < 4.78 is 26.3. The highest BCUT2D eigenvalue weighted by Crippen LogP contribution is 2.17. The van der Waals surface area contributed by atoms with Gasteiger partial charge in [-0.05, 0) is 19.4 Å². The highest BCUT2D eigenvalue weighted by Gasteiger charge is 2.13. The molecule has 0 aromatic heterocycles. The molecule has 0 spiro atoms. The van der Waals surface area contributed by atoms with Crippen molar-refractivity contribution in [3.8, 4) is 0 Å². The van der Waals surface area contributed by atoms with Crippen molar-refractivity contribution >= 4 is 11.9 Å². The van der Waals surface area contributed by atoms with E-state index < -0.39 is 29.6 Å². The minimum Gasteiger partial charge on any atom is -0.338 e. The average Bonchev–Trinajstić information content (AvgIpc) is 2.42. The van der Waals surface area contributed by atoms with Crippen molar-refractivity contribution in [2.45, 2.75) is 26.3 Å². The van der Waals surface area contributed by atoms with E-state index in [9.17, 15) is 18.4 Å². The van der Waals surface area contributed by atoms with Crippen molar-refractivity contribution in [1.82, 2.24) is 16.0 Å². The van der Waals surface area contributed by atoms with Gasteiger partial charge in [0.2, 0.25) is 5.91 Å². The van der Waals surface area contributed by atoms with Crippen LogP contribution in [0.2, 0.25) is 0 Å². The molecule has 0 radical (unpaired) electrons. The Morgan fingerprint density at radius 3 is 2.62 bits per heavy atom. The standard InChI is InChI=1S/C14H19F2N3O2/c1-3-6-17-14(21)19-13(20)8-18-9(2)11-5-4-10(15)7-12(11)16/h4-5,7,9,18H,3,6,8H2,1-2H3,(H2,17,19,20,21)/t9-/m0/s1. The quantitative estimate of drug-likeness (QED) is 0.751. The number of hydrogen-bond acceptors (Lipinski definition) is 3. The summed E-state index contributed by atoms with van der Waals surface area (Å²) in [7, 11) is 0. The normalized spacial score (nSPS) is 11.8. The smallest absolute Gasteiger partial charge is 0.321 e. The van der Waals surface area contributed by atoms with E-state index >= 15 is 0 Å². The van der Waals surface area contributed by atoms with Crippen LogP contribution in [0.15, 0.2) is 18.2 Å². The predicted octanol–water partition coefficient (Wildman–Crippen LogP) is 1.85. The topological polar surface area (TPSA) is 70.2 Å². The van der Waals surface area contributed by atoms with Crippen molar-refractivity contribution in [3.05, 3.63) is 35.4 Å². The van der Waals surface area contributed by atoms with Crippen molar-refractivity contribution < 1.29 is 18.4 Å². The monoisotopic (exact) mass is 299 g/mol. The molecule has 1 aromatic carbocycles. The molecule has 0 aliphatic heterocycles. The number of benzene rings is 1. The summed E-state index contributed by atoms with van der Waals surface area (Å²) in [6, 6.07) is 2.19. The molecule has 3 N–H and O–H groups in total. The molecule has 0 unspecified atom stereocenters. The molecule has 0 bridgehead atoms. The third-order valence-corrected chi connectivity index (χ3v) is 2.79. The van der Waals surface area contributed by atoms with Crippen molar-refractivity contribution in [2.75, 3.05) is 13.1 Å². The number of carbonyl (C=O) groups is 2. The molecule has 0 aliphatic carbocycles. The summed E-state index contributed by atoms with van der Waals surface area (Å²) in [5.41, 5.74) is 0.250. The molecule has 0 aliphatic rings. The molecule has 0 heterocycles. The van der Waals surface area contributed by atoms with E-state index in [2.05, 4.69) is 16.0 Å². The Labute approximate surface area is 122 Å². The number of imide groups is 1. The molecule has 7 heteroatoms. The van der Waals surface area contributed by atoms with Gasteiger partial charge in [0.1, 0.15) is 11.6 Å². The van der Waals surface area contributed by atoms with E-state index in [0.717, 1.165) is 18.6 Å². The first kappa shape index (κ1) is 17.0. The fraction of sp³-hybridized carbons (Fsp3) is 0.429. The third-order valence-electron chi connectivity index (χ3n) is 2.79. The second kappa shape index (κ2) is 8.31. The zero-order valence-electron chi connectivity index (χ0n) is 12.0. The lowest BCUT2D eigenvalue weighted by Gasteiger charge is -2.14. The molecule has 0 saturated heterocycles. The van der Waals surface area contributed by atoms with Crippen molar-refractivity contribution in [1.29, 1.82) is 0 Å². The van der Waals surface area contributed by atoms with E-state index in [1.807, 2.05) is 6.92 Å². The molecule has 1 rings (SSSR count). The van der Waals surface area contributed by atoms with Gasteiger partial charge >= 0.3 is 6.03 Å². The number of urea groups is 1. The highest BCUT2D eigenvalue weighted by molar-refractivity contribution is 5.95. The lowest BCUT2D eigenvalue weighted by molar-refractivity contribution is -0.119. The lowest BCUT2D eigenvalue weighted by Crippen LogP contribution is -2.44. The van der Waals surface area contributed by atoms with Crippen LogP contribution >= 0.6 is 0 Å². The van der Waals surface area contributed by atoms with Crippen LogP contribution in [0, 0.1) is 11.6 Å². The molecule has 21 heavy (non-hydrogen) atoms. The second-order valence-corrected chi connectivity index (χ2v) is 4.57. The minimum absolute atomic E-state index is 0.155. The molecule has 116 valence electrons. The largest absolute Gasteiger partial charge is 0.338 e. The maximum Gasteiger partial charge on any atom is 0.321 e. The van der Waals surface area contributed by atoms with Gasteiger partial charge in [0.05, 0.1) is 6.54 Å². The number of hydrogen-bond donors (Lipinski definition) is 3. The molecule has 0 fully saturated rings. The SMILES string of the molecule is CCCNC(=O)NC(=O)CN[C@@H](C)c1ccc(F)cc1F. The first-order chi connectivity index (χ1) is 9.93. The summed E-state index contributed by atoms with van der Waals surface area (Å²) in [6.45, 7) is 3.85. The fourth-order valence-corrected chi connectivity index (χ4v) is 1.66. The van der Waals surface area contributed by atoms with Crippen LogP contribution in [0.1, 0.15) is 31.9 Å². The molecule has 1 aromatic rings. The van der Waals surface area contributed by atoms with Crippen LogP contribution in [-0.2, 0) is 4.79 Å². The van der Waals surface area contributed by atoms with E-state index in [4.69, 9.17) is 0 Å². The van der Waals surface area contributed by atoms with Gasteiger partial charge in [0.15, 0.2) is 0 Å². The lowest BCUT2D eigenvalue weighted by atomic mass is 10.1. The van der Waals surface area contributed by atoms with Gasteiger partial charge in [0.25, 0.3) is 0 Å². The molecular weight excluding hydrogens is 280 g/mol. The Balaban J connectivity index is 2.43. The van der Waals surface area contributed by atoms with E-state index in [1.54, 1.807) is 6.92 Å². The Morgan fingerprint density at radius 1 is 1.29 bits per heavy atom. The van der Waals surface area contributed by atoms with Crippen LogP contribution in [0.3, 0.4) is 0 Å². The van der Waals surface area contributed by atoms with E-state index in [0.29, 0.717) is 6.54 Å². The maximum absolute atomic E-state index is 13.5. The molecule has 3 amide bonds. The minimum atomic E-state index is -0.684. The van der Waals surface area contributed by atoms with Crippen molar-refractivity contribution in [2.24, 2.45) is 0 Å². The second-order valence-electron chi connectivity index (χ2n) is 4.57. The Morgan fingerprint density at radius 2 is 2.00 bits per heavy atom. The summed E-state index contributed by atoms with van der Waals surface area (Å²) >= 11 is 0. The third kappa shape index (κ3) is 5.86. The fourth-order valence-electron chi connectivity index (χ4n) is 1.66. The van der Waals surface area contributed by atoms with Gasteiger partial charge < -0.3 is 10.6 Å². The van der Waals surface area contributed by atoms with Crippen molar-refractivity contribution in [3.63, 3.8) is 0 Å². The summed E-state index contributed by atoms with van der Waals surface area (Å²) in [5, 5.41) is 7.40. The van der Waals surface area contributed by atoms with Gasteiger partial charge in [-0.25, -0.2) is 13.6 Å². The van der Waals surface area contributed by atoms with E-state index in [-0.39, 0.29) is 12.1 Å². The van der Waals surface area contributed by atoms with Gasteiger partial charge in [-0.15, -0.1) is 0 Å². The van der Waals surface area contributed by atoms with E-state index in [1.165, 1.54) is 6.07 Å². The van der Waals surface area contributed by atoms with Crippen LogP contribution in [0.4, 0.5) is 13.6 Å². The van der Waals surface area contributed by atoms with Crippen LogP contribution < -0.4 is 16.0 Å². The Hall–Kier alpha value is -2.02. The van der Waals surface area contributed by atoms with Gasteiger partial charge in [0, 0.05) is 24.2 Å². The zero-order chi connectivity index (χ0) is 15.8. The Bertz CT molecular complexity index is 509. The van der Waals surface area contributed by atoms with Crippen LogP contribution in [0.25, 0.3) is 0 Å². The van der Waals surface area contributed by atoms with Gasteiger partial charge in [-0.3, -0.25) is 10.1 Å². The maximum atomic E-state index is 13.5. The molecule has 0 saturated carbocycles. The number of amides is 3. The molecular formula is C14H19F2N3O2. The first-order valence-corrected chi connectivity index (χ1v) is 6.70. The zero-order valence-corrected chi connectivity index (χ0v) is 12.0. The highest BCUT2D eigenvalue weighted by atomic mass is 19.1. The molecule has 5 nitrogen and oxygen atoms in total. The van der Waals surface area contributed by atoms with Gasteiger partial charge in [-0.1, -0.05) is 13.0 Å². The first-order valence-electron chi connectivity index (χ1n) is 6.70. The summed E-state index contributed by atoms with van der Waals surface area (Å²) in [5.74, 6) is -1.87. The Kier molecular flexibility index (Phi) is 6.74. The average molecular weight is 299 g/mol. The van der Waals surface area contributed by atoms with Crippen LogP contribution in [0.5, 0.6) is 0 Å². The number of halogens is 2. The number of carbonyl (C=O) groups excluding carboxylic acids is 2. The predicted molar refractivity (Wildman–Crippen MR) is 74.6 cm³/mol. The number of rotatable bonds is 6. The van der Waals surface area contributed by atoms with Crippen LogP contribution in [-0.4, -0.2) is 25.0 Å². The summed E-state index contributed by atoms with van der Waals surface area (Å²) in [6.07, 6.45) is 0.765. The number of nitrogens with one attached hydrogen (secondary N) is 3. The molecule has 1 atom stereocenters. The van der Waals surface area contributed by atoms with Gasteiger partial charge in [-0.2, -0.15) is 0 Å². The summed E-state index contributed by atoms with van der Waals surface area (Å²) in [4.78, 5) is 22.7.